The minimum absolute atomic E-state index is 0.558. The third-order valence-corrected chi connectivity index (χ3v) is 1.64. The van der Waals surface area contributed by atoms with Crippen molar-refractivity contribution in [1.29, 1.82) is 0 Å². The maximum Gasteiger partial charge on any atom is 0.328 e. The van der Waals surface area contributed by atoms with Crippen LogP contribution in [0.3, 0.4) is 0 Å². The lowest BCUT2D eigenvalue weighted by molar-refractivity contribution is -0.134. The molecule has 0 aliphatic carbocycles. The van der Waals surface area contributed by atoms with Crippen molar-refractivity contribution in [1.82, 2.24) is 0 Å². The Kier molecular flexibility index (Phi) is 7.80. The van der Waals surface area contributed by atoms with Gasteiger partial charge in [0.2, 0.25) is 0 Å². The maximum atomic E-state index is 9.55. The number of carboxylic acid groups (broad SMARTS) is 2. The number of thioether (sulfide) groups is 1. The van der Waals surface area contributed by atoms with E-state index in [0.717, 1.165) is 0 Å². The largest absolute Gasteiger partial charge is 0.478 e. The van der Waals surface area contributed by atoms with E-state index >= 15 is 0 Å². The second-order valence-electron chi connectivity index (χ2n) is 2.19. The first-order chi connectivity index (χ1) is 7.13. The van der Waals surface area contributed by atoms with Crippen LogP contribution < -0.4 is 0 Å². The minimum Gasteiger partial charge on any atom is -0.478 e. The molecule has 0 amide bonds. The van der Waals surface area contributed by atoms with Gasteiger partial charge in [-0.15, -0.1) is 11.8 Å². The van der Waals surface area contributed by atoms with Gasteiger partial charge < -0.3 is 10.2 Å². The maximum absolute atomic E-state index is 9.55. The molecule has 0 aromatic heterocycles. The van der Waals surface area contributed by atoms with Crippen LogP contribution in [-0.4, -0.2) is 22.2 Å². The predicted molar refractivity (Wildman–Crippen MR) is 59.4 cm³/mol. The summed E-state index contributed by atoms with van der Waals surface area (Å²) in [6.07, 6.45) is 9.17. The number of carboxylic acids is 2. The summed E-state index contributed by atoms with van der Waals surface area (Å²) in [5, 5.41) is 19.7. The Morgan fingerprint density at radius 1 is 0.867 bits per heavy atom. The van der Waals surface area contributed by atoms with Crippen molar-refractivity contribution in [2.45, 2.75) is 0 Å². The summed E-state index contributed by atoms with van der Waals surface area (Å²) in [5.74, 6) is -2.51. The zero-order valence-corrected chi connectivity index (χ0v) is 8.55. The highest BCUT2D eigenvalue weighted by Gasteiger charge is 1.88. The Bertz CT molecular complexity index is 296. The Morgan fingerprint density at radius 3 is 1.60 bits per heavy atom. The highest BCUT2D eigenvalue weighted by Crippen LogP contribution is 2.06. The van der Waals surface area contributed by atoms with Crippen molar-refractivity contribution >= 4 is 23.7 Å². The Balaban J connectivity index is 0.000000262. The summed E-state index contributed by atoms with van der Waals surface area (Å²) in [4.78, 5) is 19.1. The zero-order chi connectivity index (χ0) is 11.5. The van der Waals surface area contributed by atoms with Gasteiger partial charge in [0, 0.05) is 12.2 Å². The lowest BCUT2D eigenvalue weighted by Crippen LogP contribution is -1.91. The van der Waals surface area contributed by atoms with Crippen LogP contribution in [0.5, 0.6) is 0 Å². The molecule has 1 aliphatic heterocycles. The molecular formula is C10H10O4S. The van der Waals surface area contributed by atoms with Gasteiger partial charge in [0.1, 0.15) is 0 Å². The van der Waals surface area contributed by atoms with E-state index in [4.69, 9.17) is 10.2 Å². The SMILES string of the molecule is C1=CC=CSC=C1.O=C(O)C=CC(=O)O. The lowest BCUT2D eigenvalue weighted by atomic mass is 10.5. The summed E-state index contributed by atoms with van der Waals surface area (Å²) >= 11 is 1.69. The van der Waals surface area contributed by atoms with Gasteiger partial charge in [0.05, 0.1) is 0 Å². The van der Waals surface area contributed by atoms with Gasteiger partial charge in [-0.05, 0) is 10.8 Å². The third kappa shape index (κ3) is 12.2. The first-order valence-corrected chi connectivity index (χ1v) is 4.85. The van der Waals surface area contributed by atoms with Crippen LogP contribution in [0.15, 0.2) is 47.3 Å². The van der Waals surface area contributed by atoms with Crippen LogP contribution in [0.4, 0.5) is 0 Å². The third-order valence-electron chi connectivity index (χ3n) is 1.02. The van der Waals surface area contributed by atoms with E-state index in [1.807, 2.05) is 35.1 Å². The van der Waals surface area contributed by atoms with Crippen LogP contribution in [0, 0.1) is 0 Å². The molecule has 4 nitrogen and oxygen atoms in total. The van der Waals surface area contributed by atoms with E-state index in [9.17, 15) is 9.59 Å². The van der Waals surface area contributed by atoms with E-state index in [1.54, 1.807) is 11.8 Å². The molecule has 1 aliphatic rings. The summed E-state index contributed by atoms with van der Waals surface area (Å²) < 4.78 is 0. The quantitative estimate of drug-likeness (QED) is 0.705. The lowest BCUT2D eigenvalue weighted by Gasteiger charge is -1.74. The average Bonchev–Trinajstić information content (AvgIpc) is 2.47. The molecule has 0 saturated carbocycles. The number of allylic oxidation sites excluding steroid dienone is 4. The number of rotatable bonds is 2. The van der Waals surface area contributed by atoms with E-state index in [0.29, 0.717) is 12.2 Å². The van der Waals surface area contributed by atoms with Gasteiger partial charge in [-0.25, -0.2) is 9.59 Å². The van der Waals surface area contributed by atoms with Crippen molar-refractivity contribution in [2.24, 2.45) is 0 Å². The summed E-state index contributed by atoms with van der Waals surface area (Å²) in [6.45, 7) is 0. The van der Waals surface area contributed by atoms with Gasteiger partial charge in [-0.1, -0.05) is 24.3 Å². The smallest absolute Gasteiger partial charge is 0.328 e. The molecule has 0 atom stereocenters. The molecule has 0 aromatic carbocycles. The highest BCUT2D eigenvalue weighted by molar-refractivity contribution is 8.04. The van der Waals surface area contributed by atoms with Crippen molar-refractivity contribution in [3.8, 4) is 0 Å². The van der Waals surface area contributed by atoms with Gasteiger partial charge >= 0.3 is 11.9 Å². The number of aliphatic carboxylic acids is 2. The summed E-state index contributed by atoms with van der Waals surface area (Å²) in [5.41, 5.74) is 0. The molecule has 0 bridgehead atoms. The second-order valence-corrected chi connectivity index (χ2v) is 3.00. The topological polar surface area (TPSA) is 74.6 Å². The fourth-order valence-electron chi connectivity index (χ4n) is 0.498. The molecule has 0 unspecified atom stereocenters. The van der Waals surface area contributed by atoms with E-state index < -0.39 is 11.9 Å². The average molecular weight is 226 g/mol. The molecular weight excluding hydrogens is 216 g/mol. The normalized spacial score (nSPS) is 13.1. The van der Waals surface area contributed by atoms with Gasteiger partial charge in [0.25, 0.3) is 0 Å². The van der Waals surface area contributed by atoms with E-state index in [2.05, 4.69) is 0 Å². The van der Waals surface area contributed by atoms with Crippen molar-refractivity contribution in [3.63, 3.8) is 0 Å². The van der Waals surface area contributed by atoms with Crippen LogP contribution in [0.1, 0.15) is 0 Å². The van der Waals surface area contributed by atoms with Gasteiger partial charge in [-0.2, -0.15) is 0 Å². The minimum atomic E-state index is -1.26. The molecule has 1 heterocycles. The molecule has 0 radical (unpaired) electrons. The van der Waals surface area contributed by atoms with Gasteiger partial charge in [0.15, 0.2) is 0 Å². The summed E-state index contributed by atoms with van der Waals surface area (Å²) in [7, 11) is 0. The fraction of sp³-hybridized carbons (Fsp3) is 0. The molecule has 2 N–H and O–H groups in total. The zero-order valence-electron chi connectivity index (χ0n) is 7.74. The van der Waals surface area contributed by atoms with Crippen LogP contribution in [-0.2, 0) is 9.59 Å². The molecule has 0 spiro atoms. The number of hydrogen-bond acceptors (Lipinski definition) is 3. The van der Waals surface area contributed by atoms with Crippen LogP contribution in [0.25, 0.3) is 0 Å². The van der Waals surface area contributed by atoms with E-state index in [1.165, 1.54) is 0 Å². The van der Waals surface area contributed by atoms with Crippen molar-refractivity contribution < 1.29 is 19.8 Å². The monoisotopic (exact) mass is 226 g/mol. The molecule has 0 saturated heterocycles. The number of hydrogen-bond donors (Lipinski definition) is 2. The summed E-state index contributed by atoms with van der Waals surface area (Å²) in [6, 6.07) is 0. The molecule has 5 heteroatoms. The molecule has 0 fully saturated rings. The van der Waals surface area contributed by atoms with E-state index in [-0.39, 0.29) is 0 Å². The Hall–Kier alpha value is -1.75. The highest BCUT2D eigenvalue weighted by atomic mass is 32.2. The molecule has 80 valence electrons. The standard InChI is InChI=1S/C6H6S.C4H4O4/c1-2-4-6-7-5-3-1;5-3(6)1-2-4(7)8/h1-6H;1-2H,(H,5,6)(H,7,8). The molecule has 0 aromatic rings. The molecule has 15 heavy (non-hydrogen) atoms. The van der Waals surface area contributed by atoms with Gasteiger partial charge in [-0.3, -0.25) is 0 Å². The fourth-order valence-corrected chi connectivity index (χ4v) is 0.951. The second kappa shape index (κ2) is 8.83. The Morgan fingerprint density at radius 2 is 1.27 bits per heavy atom. The predicted octanol–water partition coefficient (Wildman–Crippen LogP) is 2.03. The number of carbonyl (C=O) groups is 2. The first kappa shape index (κ1) is 13.2. The molecule has 1 rings (SSSR count). The van der Waals surface area contributed by atoms with Crippen LogP contribution in [0.2, 0.25) is 0 Å². The van der Waals surface area contributed by atoms with Crippen molar-refractivity contribution in [2.75, 3.05) is 0 Å². The Labute approximate surface area is 91.3 Å². The van der Waals surface area contributed by atoms with Crippen LogP contribution >= 0.6 is 11.8 Å². The first-order valence-electron chi connectivity index (χ1n) is 3.90. The van der Waals surface area contributed by atoms with Crippen molar-refractivity contribution in [3.05, 3.63) is 47.3 Å².